The van der Waals surface area contributed by atoms with Crippen molar-refractivity contribution in [1.29, 1.82) is 0 Å². The molecule has 0 spiro atoms. The van der Waals surface area contributed by atoms with Gasteiger partial charge >= 0.3 is 0 Å². The SMILES string of the molecule is COCCCn1cc(CN(C(=O)[C@H]2CNC[C@@H](C(=O)NCc3ccccc3)C2)C2CC2)c2ccccc21. The molecule has 196 valence electrons. The molecule has 2 heterocycles. The zero-order valence-electron chi connectivity index (χ0n) is 21.7. The third kappa shape index (κ3) is 6.22. The Balaban J connectivity index is 1.26. The zero-order chi connectivity index (χ0) is 25.6. The lowest BCUT2D eigenvalue weighted by Gasteiger charge is -2.33. The quantitative estimate of drug-likeness (QED) is 0.392. The number of nitrogens with one attached hydrogen (secondary N) is 2. The largest absolute Gasteiger partial charge is 0.385 e. The van der Waals surface area contributed by atoms with Gasteiger partial charge in [0.25, 0.3) is 0 Å². The first-order valence-corrected chi connectivity index (χ1v) is 13.5. The maximum absolute atomic E-state index is 13.8. The van der Waals surface area contributed by atoms with Gasteiger partial charge in [-0.25, -0.2) is 0 Å². The second kappa shape index (κ2) is 11.9. The molecule has 5 rings (SSSR count). The molecule has 2 atom stereocenters. The van der Waals surface area contributed by atoms with E-state index in [0.29, 0.717) is 38.6 Å². The van der Waals surface area contributed by atoms with Crippen LogP contribution in [-0.4, -0.2) is 54.1 Å². The number of piperidine rings is 1. The number of aryl methyl sites for hydroxylation is 1. The highest BCUT2D eigenvalue weighted by atomic mass is 16.5. The van der Waals surface area contributed by atoms with E-state index in [0.717, 1.165) is 38.0 Å². The third-order valence-corrected chi connectivity index (χ3v) is 7.61. The Hall–Kier alpha value is -3.16. The molecule has 1 aromatic heterocycles. The monoisotopic (exact) mass is 502 g/mol. The Morgan fingerprint density at radius 2 is 1.81 bits per heavy atom. The van der Waals surface area contributed by atoms with Crippen LogP contribution in [0.15, 0.2) is 60.8 Å². The van der Waals surface area contributed by atoms with Crippen LogP contribution in [0.1, 0.15) is 36.8 Å². The van der Waals surface area contributed by atoms with Crippen LogP contribution in [0.25, 0.3) is 10.9 Å². The molecule has 2 aliphatic rings. The summed E-state index contributed by atoms with van der Waals surface area (Å²) < 4.78 is 7.53. The van der Waals surface area contributed by atoms with Gasteiger partial charge in [-0.1, -0.05) is 48.5 Å². The van der Waals surface area contributed by atoms with Crippen molar-refractivity contribution in [1.82, 2.24) is 20.1 Å². The van der Waals surface area contributed by atoms with Crippen molar-refractivity contribution in [2.45, 2.75) is 51.4 Å². The van der Waals surface area contributed by atoms with Gasteiger partial charge in [-0.05, 0) is 42.9 Å². The number of carbonyl (C=O) groups excluding carboxylic acids is 2. The first-order chi connectivity index (χ1) is 18.1. The van der Waals surface area contributed by atoms with Crippen molar-refractivity contribution in [3.63, 3.8) is 0 Å². The van der Waals surface area contributed by atoms with Crippen LogP contribution in [0, 0.1) is 11.8 Å². The lowest BCUT2D eigenvalue weighted by molar-refractivity contribution is -0.138. The molecule has 1 saturated carbocycles. The Kier molecular flexibility index (Phi) is 8.21. The molecule has 0 radical (unpaired) electrons. The minimum Gasteiger partial charge on any atom is -0.385 e. The Labute approximate surface area is 219 Å². The minimum atomic E-state index is -0.199. The average molecular weight is 503 g/mol. The first kappa shape index (κ1) is 25.5. The fourth-order valence-corrected chi connectivity index (χ4v) is 5.46. The molecule has 1 saturated heterocycles. The first-order valence-electron chi connectivity index (χ1n) is 13.5. The molecule has 2 amide bonds. The predicted molar refractivity (Wildman–Crippen MR) is 145 cm³/mol. The van der Waals surface area contributed by atoms with Gasteiger partial charge in [-0.3, -0.25) is 9.59 Å². The maximum Gasteiger partial charge on any atom is 0.227 e. The number of methoxy groups -OCH3 is 1. The molecule has 37 heavy (non-hydrogen) atoms. The average Bonchev–Trinajstić information content (AvgIpc) is 3.73. The van der Waals surface area contributed by atoms with E-state index in [1.807, 2.05) is 30.3 Å². The number of rotatable bonds is 11. The van der Waals surface area contributed by atoms with Crippen LogP contribution in [0.3, 0.4) is 0 Å². The molecule has 1 aliphatic heterocycles. The van der Waals surface area contributed by atoms with Crippen LogP contribution in [0.5, 0.6) is 0 Å². The van der Waals surface area contributed by atoms with Gasteiger partial charge in [0.15, 0.2) is 0 Å². The summed E-state index contributed by atoms with van der Waals surface area (Å²) in [6.07, 6.45) is 5.86. The van der Waals surface area contributed by atoms with Crippen molar-refractivity contribution in [3.8, 4) is 0 Å². The van der Waals surface area contributed by atoms with Crippen LogP contribution < -0.4 is 10.6 Å². The minimum absolute atomic E-state index is 0.0194. The topological polar surface area (TPSA) is 75.6 Å². The normalized spacial score (nSPS) is 19.6. The van der Waals surface area contributed by atoms with Crippen molar-refractivity contribution in [2.24, 2.45) is 11.8 Å². The number of amides is 2. The van der Waals surface area contributed by atoms with Crippen LogP contribution in [-0.2, 0) is 34.0 Å². The van der Waals surface area contributed by atoms with Crippen LogP contribution in [0.2, 0.25) is 0 Å². The van der Waals surface area contributed by atoms with Gasteiger partial charge < -0.3 is 24.8 Å². The standard InChI is InChI=1S/C30H38N4O3/c1-37-15-7-14-33-20-25(27-10-5-6-11-28(27)33)21-34(26-12-13-26)30(36)24-16-23(18-31-19-24)29(35)32-17-22-8-3-2-4-9-22/h2-6,8-11,20,23-24,26,31H,7,12-19,21H2,1H3,(H,32,35)/t23-,24+/m0/s1. The summed E-state index contributed by atoms with van der Waals surface area (Å²) in [6, 6.07) is 18.7. The van der Waals surface area contributed by atoms with E-state index in [9.17, 15) is 9.59 Å². The number of ether oxygens (including phenoxy) is 1. The summed E-state index contributed by atoms with van der Waals surface area (Å²) in [5.74, 6) is -0.190. The molecule has 1 aliphatic carbocycles. The van der Waals surface area contributed by atoms with E-state index in [-0.39, 0.29) is 23.7 Å². The van der Waals surface area contributed by atoms with E-state index >= 15 is 0 Å². The number of benzene rings is 2. The summed E-state index contributed by atoms with van der Waals surface area (Å²) >= 11 is 0. The summed E-state index contributed by atoms with van der Waals surface area (Å²) in [5.41, 5.74) is 3.47. The molecule has 0 bridgehead atoms. The molecule has 0 unspecified atom stereocenters. The number of fused-ring (bicyclic) bond motifs is 1. The predicted octanol–water partition coefficient (Wildman–Crippen LogP) is 3.71. The lowest BCUT2D eigenvalue weighted by Crippen LogP contribution is -2.49. The van der Waals surface area contributed by atoms with E-state index in [1.165, 1.54) is 16.5 Å². The van der Waals surface area contributed by atoms with Crippen molar-refractivity contribution in [2.75, 3.05) is 26.8 Å². The number of hydrogen-bond acceptors (Lipinski definition) is 4. The molecule has 2 aromatic carbocycles. The Morgan fingerprint density at radius 3 is 2.59 bits per heavy atom. The Bertz CT molecular complexity index is 1200. The smallest absolute Gasteiger partial charge is 0.227 e. The highest BCUT2D eigenvalue weighted by molar-refractivity contribution is 5.86. The fourth-order valence-electron chi connectivity index (χ4n) is 5.46. The number of hydrogen-bond donors (Lipinski definition) is 2. The fraction of sp³-hybridized carbons (Fsp3) is 0.467. The van der Waals surface area contributed by atoms with E-state index < -0.39 is 0 Å². The van der Waals surface area contributed by atoms with Gasteiger partial charge in [0, 0.05) is 69.6 Å². The molecule has 7 heteroatoms. The van der Waals surface area contributed by atoms with E-state index in [4.69, 9.17) is 4.74 Å². The third-order valence-electron chi connectivity index (χ3n) is 7.61. The van der Waals surface area contributed by atoms with E-state index in [1.54, 1.807) is 7.11 Å². The molecule has 7 nitrogen and oxygen atoms in total. The number of nitrogens with zero attached hydrogens (tertiary/aromatic N) is 2. The molecule has 3 aromatic rings. The van der Waals surface area contributed by atoms with Gasteiger partial charge in [-0.2, -0.15) is 0 Å². The summed E-state index contributed by atoms with van der Waals surface area (Å²) in [6.45, 7) is 3.98. The van der Waals surface area contributed by atoms with Crippen LogP contribution >= 0.6 is 0 Å². The zero-order valence-corrected chi connectivity index (χ0v) is 21.7. The van der Waals surface area contributed by atoms with Crippen LogP contribution in [0.4, 0.5) is 0 Å². The van der Waals surface area contributed by atoms with Crippen molar-refractivity contribution < 1.29 is 14.3 Å². The van der Waals surface area contributed by atoms with Crippen molar-refractivity contribution in [3.05, 3.63) is 71.9 Å². The molecule has 2 N–H and O–H groups in total. The van der Waals surface area contributed by atoms with Gasteiger partial charge in [0.05, 0.1) is 11.8 Å². The second-order valence-electron chi connectivity index (χ2n) is 10.4. The number of carbonyl (C=O) groups is 2. The molecular weight excluding hydrogens is 464 g/mol. The van der Waals surface area contributed by atoms with Gasteiger partial charge in [-0.15, -0.1) is 0 Å². The molecular formula is C30H38N4O3. The maximum atomic E-state index is 13.8. The van der Waals surface area contributed by atoms with E-state index in [2.05, 4.69) is 50.6 Å². The number of para-hydroxylation sites is 1. The summed E-state index contributed by atoms with van der Waals surface area (Å²) in [5, 5.41) is 7.63. The summed E-state index contributed by atoms with van der Waals surface area (Å²) in [4.78, 5) is 28.8. The Morgan fingerprint density at radius 1 is 1.05 bits per heavy atom. The second-order valence-corrected chi connectivity index (χ2v) is 10.4. The van der Waals surface area contributed by atoms with Gasteiger partial charge in [0.2, 0.25) is 11.8 Å². The highest BCUT2D eigenvalue weighted by Crippen LogP contribution is 2.33. The number of aromatic nitrogens is 1. The highest BCUT2D eigenvalue weighted by Gasteiger charge is 2.39. The van der Waals surface area contributed by atoms with Crippen molar-refractivity contribution >= 4 is 22.7 Å². The lowest BCUT2D eigenvalue weighted by atomic mass is 9.88. The molecule has 2 fully saturated rings. The van der Waals surface area contributed by atoms with Gasteiger partial charge in [0.1, 0.15) is 0 Å². The summed E-state index contributed by atoms with van der Waals surface area (Å²) in [7, 11) is 1.73.